The lowest BCUT2D eigenvalue weighted by Crippen LogP contribution is -2.24. The van der Waals surface area contributed by atoms with E-state index >= 15 is 0 Å². The first-order valence-corrected chi connectivity index (χ1v) is 6.94. The highest BCUT2D eigenvalue weighted by molar-refractivity contribution is 5.94. The number of nitrogens with zero attached hydrogens (tertiary/aromatic N) is 1. The predicted octanol–water partition coefficient (Wildman–Crippen LogP) is 2.17. The van der Waals surface area contributed by atoms with Crippen molar-refractivity contribution in [3.8, 4) is 0 Å². The summed E-state index contributed by atoms with van der Waals surface area (Å²) in [6.07, 6.45) is 0.946. The van der Waals surface area contributed by atoms with Crippen LogP contribution in [0.2, 0.25) is 0 Å². The smallest absolute Gasteiger partial charge is 0.251 e. The van der Waals surface area contributed by atoms with Gasteiger partial charge in [-0.3, -0.25) is 4.79 Å². The Morgan fingerprint density at radius 1 is 1.24 bits per heavy atom. The number of amides is 1. The van der Waals surface area contributed by atoms with E-state index in [0.29, 0.717) is 17.9 Å². The summed E-state index contributed by atoms with van der Waals surface area (Å²) in [7, 11) is 0. The average molecular weight is 284 g/mol. The van der Waals surface area contributed by atoms with Crippen molar-refractivity contribution in [3.63, 3.8) is 0 Å². The molecule has 4 N–H and O–H groups in total. The second kappa shape index (κ2) is 6.85. The second-order valence-corrected chi connectivity index (χ2v) is 4.83. The fourth-order valence-electron chi connectivity index (χ4n) is 2.23. The summed E-state index contributed by atoms with van der Waals surface area (Å²) in [6.45, 7) is 4.44. The first-order chi connectivity index (χ1) is 10.1. The summed E-state index contributed by atoms with van der Waals surface area (Å²) in [5.74, 6) is 5.69. The molecule has 5 nitrogen and oxygen atoms in total. The van der Waals surface area contributed by atoms with Crippen molar-refractivity contribution in [2.24, 2.45) is 5.84 Å². The molecule has 0 atom stereocenters. The van der Waals surface area contributed by atoms with E-state index in [9.17, 15) is 4.79 Å². The molecular formula is C16H20N4O. The topological polar surface area (TPSA) is 80.0 Å². The summed E-state index contributed by atoms with van der Waals surface area (Å²) in [5.41, 5.74) is 6.13. The van der Waals surface area contributed by atoms with Gasteiger partial charge in [0.1, 0.15) is 5.82 Å². The lowest BCUT2D eigenvalue weighted by Gasteiger charge is -2.10. The molecule has 0 saturated heterocycles. The van der Waals surface area contributed by atoms with E-state index in [1.165, 1.54) is 5.56 Å². The molecule has 2 rings (SSSR count). The van der Waals surface area contributed by atoms with Crippen LogP contribution in [0.1, 0.15) is 34.1 Å². The van der Waals surface area contributed by atoms with Gasteiger partial charge < -0.3 is 10.7 Å². The molecule has 1 amide bonds. The van der Waals surface area contributed by atoms with Crippen LogP contribution in [0.4, 0.5) is 5.82 Å². The maximum atomic E-state index is 12.2. The summed E-state index contributed by atoms with van der Waals surface area (Å²) in [5, 5.41) is 2.93. The molecule has 0 aliphatic rings. The van der Waals surface area contributed by atoms with Crippen LogP contribution in [0.3, 0.4) is 0 Å². The van der Waals surface area contributed by atoms with Gasteiger partial charge in [-0.05, 0) is 36.6 Å². The van der Waals surface area contributed by atoms with Crippen LogP contribution < -0.4 is 16.6 Å². The minimum atomic E-state index is -0.136. The summed E-state index contributed by atoms with van der Waals surface area (Å²) < 4.78 is 0. The Morgan fingerprint density at radius 3 is 2.62 bits per heavy atom. The number of nitrogens with one attached hydrogen (secondary N) is 2. The Hall–Kier alpha value is -2.40. The van der Waals surface area contributed by atoms with Gasteiger partial charge in [0.2, 0.25) is 0 Å². The van der Waals surface area contributed by atoms with Crippen LogP contribution in [-0.2, 0) is 13.0 Å². The van der Waals surface area contributed by atoms with Crippen molar-refractivity contribution in [2.75, 3.05) is 5.43 Å². The van der Waals surface area contributed by atoms with Crippen LogP contribution in [0.25, 0.3) is 0 Å². The third-order valence-electron chi connectivity index (χ3n) is 3.30. The monoisotopic (exact) mass is 284 g/mol. The molecule has 1 aromatic heterocycles. The van der Waals surface area contributed by atoms with E-state index in [1.807, 2.05) is 25.1 Å². The number of nitrogen functional groups attached to an aromatic ring is 1. The van der Waals surface area contributed by atoms with Gasteiger partial charge >= 0.3 is 0 Å². The fourth-order valence-corrected chi connectivity index (χ4v) is 2.23. The molecule has 0 radical (unpaired) electrons. The number of rotatable bonds is 5. The first kappa shape index (κ1) is 15.0. The number of hydrazine groups is 1. The van der Waals surface area contributed by atoms with Crippen LogP contribution in [0.15, 0.2) is 36.4 Å². The molecule has 0 saturated carbocycles. The summed E-state index contributed by atoms with van der Waals surface area (Å²) in [6, 6.07) is 11.5. The van der Waals surface area contributed by atoms with Gasteiger partial charge in [-0.2, -0.15) is 0 Å². The number of aromatic nitrogens is 1. The van der Waals surface area contributed by atoms with E-state index in [2.05, 4.69) is 28.7 Å². The van der Waals surface area contributed by atoms with Gasteiger partial charge in [-0.25, -0.2) is 10.8 Å². The molecule has 0 aliphatic carbocycles. The normalized spacial score (nSPS) is 10.2. The van der Waals surface area contributed by atoms with E-state index in [1.54, 1.807) is 12.1 Å². The number of carbonyl (C=O) groups is 1. The van der Waals surface area contributed by atoms with Crippen LogP contribution in [0, 0.1) is 6.92 Å². The van der Waals surface area contributed by atoms with Crippen molar-refractivity contribution in [2.45, 2.75) is 26.8 Å². The van der Waals surface area contributed by atoms with Crippen LogP contribution in [0.5, 0.6) is 0 Å². The number of aryl methyl sites for hydroxylation is 2. The molecule has 0 aliphatic heterocycles. The average Bonchev–Trinajstić information content (AvgIpc) is 2.52. The van der Waals surface area contributed by atoms with E-state index in [0.717, 1.165) is 17.7 Å². The Bertz CT molecular complexity index is 640. The number of hydrogen-bond acceptors (Lipinski definition) is 4. The Labute approximate surface area is 124 Å². The predicted molar refractivity (Wildman–Crippen MR) is 83.8 cm³/mol. The third-order valence-corrected chi connectivity index (χ3v) is 3.30. The highest BCUT2D eigenvalue weighted by Crippen LogP contribution is 2.11. The number of hydrogen-bond donors (Lipinski definition) is 3. The summed E-state index contributed by atoms with van der Waals surface area (Å²) in [4.78, 5) is 16.4. The Morgan fingerprint density at radius 2 is 1.95 bits per heavy atom. The van der Waals surface area contributed by atoms with Crippen molar-refractivity contribution in [3.05, 3.63) is 58.8 Å². The van der Waals surface area contributed by atoms with E-state index in [4.69, 9.17) is 5.84 Å². The SMILES string of the molecule is CCc1ccccc1CNC(=O)c1cc(C)nc(NN)c1. The number of carbonyl (C=O) groups excluding carboxylic acids is 1. The quantitative estimate of drug-likeness (QED) is 0.580. The number of anilines is 1. The molecule has 5 heteroatoms. The van der Waals surface area contributed by atoms with Crippen molar-refractivity contribution < 1.29 is 4.79 Å². The molecular weight excluding hydrogens is 264 g/mol. The van der Waals surface area contributed by atoms with Gasteiger partial charge in [-0.1, -0.05) is 31.2 Å². The zero-order valence-electron chi connectivity index (χ0n) is 12.3. The second-order valence-electron chi connectivity index (χ2n) is 4.83. The van der Waals surface area contributed by atoms with Gasteiger partial charge in [-0.15, -0.1) is 0 Å². The van der Waals surface area contributed by atoms with Crippen molar-refractivity contribution >= 4 is 11.7 Å². The van der Waals surface area contributed by atoms with Crippen molar-refractivity contribution in [1.82, 2.24) is 10.3 Å². The maximum Gasteiger partial charge on any atom is 0.251 e. The van der Waals surface area contributed by atoms with Gasteiger partial charge in [0.05, 0.1) is 0 Å². The zero-order valence-corrected chi connectivity index (χ0v) is 12.3. The molecule has 1 aromatic carbocycles. The molecule has 0 unspecified atom stereocenters. The highest BCUT2D eigenvalue weighted by Gasteiger charge is 2.09. The van der Waals surface area contributed by atoms with E-state index < -0.39 is 0 Å². The highest BCUT2D eigenvalue weighted by atomic mass is 16.1. The molecule has 0 fully saturated rings. The van der Waals surface area contributed by atoms with Gasteiger partial charge in [0.15, 0.2) is 0 Å². The largest absolute Gasteiger partial charge is 0.348 e. The van der Waals surface area contributed by atoms with E-state index in [-0.39, 0.29) is 5.91 Å². The number of pyridine rings is 1. The maximum absolute atomic E-state index is 12.2. The van der Waals surface area contributed by atoms with Crippen LogP contribution in [-0.4, -0.2) is 10.9 Å². The molecule has 0 spiro atoms. The molecule has 0 bridgehead atoms. The number of benzene rings is 1. The Balaban J connectivity index is 2.10. The molecule has 110 valence electrons. The molecule has 1 heterocycles. The van der Waals surface area contributed by atoms with Gasteiger partial charge in [0.25, 0.3) is 5.91 Å². The minimum absolute atomic E-state index is 0.136. The summed E-state index contributed by atoms with van der Waals surface area (Å²) >= 11 is 0. The third kappa shape index (κ3) is 3.79. The standard InChI is InChI=1S/C16H20N4O/c1-3-12-6-4-5-7-13(12)10-18-16(21)14-8-11(2)19-15(9-14)20-17/h4-9H,3,10,17H2,1-2H3,(H,18,21)(H,19,20). The van der Waals surface area contributed by atoms with Crippen LogP contribution >= 0.6 is 0 Å². The van der Waals surface area contributed by atoms with Gasteiger partial charge in [0, 0.05) is 17.8 Å². The fraction of sp³-hybridized carbons (Fsp3) is 0.250. The first-order valence-electron chi connectivity index (χ1n) is 6.94. The Kier molecular flexibility index (Phi) is 4.90. The number of nitrogens with two attached hydrogens (primary N) is 1. The lowest BCUT2D eigenvalue weighted by atomic mass is 10.1. The molecule has 21 heavy (non-hydrogen) atoms. The van der Waals surface area contributed by atoms with Crippen molar-refractivity contribution in [1.29, 1.82) is 0 Å². The minimum Gasteiger partial charge on any atom is -0.348 e. The lowest BCUT2D eigenvalue weighted by molar-refractivity contribution is 0.0950. The zero-order chi connectivity index (χ0) is 15.2. The molecule has 2 aromatic rings.